The van der Waals surface area contributed by atoms with Crippen molar-refractivity contribution in [2.24, 2.45) is 0 Å². The van der Waals surface area contributed by atoms with Gasteiger partial charge in [-0.3, -0.25) is 0 Å². The summed E-state index contributed by atoms with van der Waals surface area (Å²) in [6.45, 7) is 4.52. The van der Waals surface area contributed by atoms with Crippen molar-refractivity contribution in [3.05, 3.63) is 24.3 Å². The van der Waals surface area contributed by atoms with Gasteiger partial charge in [0.2, 0.25) is 0 Å². The molecule has 0 spiro atoms. The molecule has 0 bridgehead atoms. The molecule has 1 aromatic carbocycles. The van der Waals surface area contributed by atoms with E-state index in [0.717, 1.165) is 0 Å². The number of ether oxygens (including phenoxy) is 3. The molecule has 1 aromatic rings. The zero-order valence-electron chi connectivity index (χ0n) is 11.7. The Morgan fingerprint density at radius 1 is 1.05 bits per heavy atom. The van der Waals surface area contributed by atoms with Crippen molar-refractivity contribution in [1.82, 2.24) is 0 Å². The number of hydrogen-bond acceptors (Lipinski definition) is 5. The number of carboxylic acid groups (broad SMARTS) is 1. The van der Waals surface area contributed by atoms with E-state index in [0.29, 0.717) is 5.75 Å². The van der Waals surface area contributed by atoms with Crippen LogP contribution in [0.5, 0.6) is 11.5 Å². The third-order valence-corrected chi connectivity index (χ3v) is 1.97. The van der Waals surface area contributed by atoms with Gasteiger partial charge in [-0.05, 0) is 32.9 Å². The van der Waals surface area contributed by atoms with Gasteiger partial charge in [-0.15, -0.1) is 0 Å². The van der Waals surface area contributed by atoms with E-state index in [4.69, 9.17) is 19.3 Å². The molecule has 0 saturated carbocycles. The molecule has 0 aliphatic heterocycles. The third kappa shape index (κ3) is 6.08. The normalized spacial score (nSPS) is 10.8. The van der Waals surface area contributed by atoms with Gasteiger partial charge in [0.1, 0.15) is 5.60 Å². The van der Waals surface area contributed by atoms with E-state index in [1.165, 1.54) is 0 Å². The molecule has 0 radical (unpaired) electrons. The molecular formula is C14H18O6. The Labute approximate surface area is 117 Å². The molecular weight excluding hydrogens is 264 g/mol. The van der Waals surface area contributed by atoms with Gasteiger partial charge in [-0.2, -0.15) is 0 Å². The van der Waals surface area contributed by atoms with Gasteiger partial charge in [0, 0.05) is 0 Å². The highest BCUT2D eigenvalue weighted by Crippen LogP contribution is 2.26. The first kappa shape index (κ1) is 15.8. The maximum atomic E-state index is 11.5. The van der Waals surface area contributed by atoms with E-state index in [9.17, 15) is 9.59 Å². The fourth-order valence-electron chi connectivity index (χ4n) is 1.34. The van der Waals surface area contributed by atoms with E-state index < -0.39 is 24.1 Å². The minimum absolute atomic E-state index is 0.262. The molecule has 1 N–H and O–H groups in total. The molecule has 0 amide bonds. The summed E-state index contributed by atoms with van der Waals surface area (Å²) in [5.41, 5.74) is -0.584. The van der Waals surface area contributed by atoms with Crippen LogP contribution >= 0.6 is 0 Å². The predicted octanol–water partition coefficient (Wildman–Crippen LogP) is 1.87. The summed E-state index contributed by atoms with van der Waals surface area (Å²) < 4.78 is 15.4. The lowest BCUT2D eigenvalue weighted by molar-refractivity contribution is -0.157. The van der Waals surface area contributed by atoms with E-state index in [2.05, 4.69) is 0 Å². The van der Waals surface area contributed by atoms with Crippen LogP contribution < -0.4 is 9.47 Å². The number of aliphatic carboxylic acids is 1. The van der Waals surface area contributed by atoms with Crippen LogP contribution in [-0.4, -0.2) is 35.9 Å². The topological polar surface area (TPSA) is 82.1 Å². The molecule has 0 aliphatic rings. The van der Waals surface area contributed by atoms with Crippen molar-refractivity contribution in [1.29, 1.82) is 0 Å². The molecule has 0 unspecified atom stereocenters. The molecule has 0 aromatic heterocycles. The minimum Gasteiger partial charge on any atom is -0.479 e. The SMILES string of the molecule is CC(C)(C)OC(=O)COc1ccccc1OCC(=O)O. The maximum Gasteiger partial charge on any atom is 0.344 e. The Balaban J connectivity index is 2.59. The second-order valence-corrected chi connectivity index (χ2v) is 5.00. The highest BCUT2D eigenvalue weighted by molar-refractivity contribution is 5.71. The number of carboxylic acids is 1. The van der Waals surface area contributed by atoms with Gasteiger partial charge >= 0.3 is 11.9 Å². The van der Waals surface area contributed by atoms with Crippen LogP contribution in [0.25, 0.3) is 0 Å². The monoisotopic (exact) mass is 282 g/mol. The molecule has 0 atom stereocenters. The number of carbonyl (C=O) groups excluding carboxylic acids is 1. The summed E-state index contributed by atoms with van der Waals surface area (Å²) in [6.07, 6.45) is 0. The van der Waals surface area contributed by atoms with Crippen molar-refractivity contribution >= 4 is 11.9 Å². The van der Waals surface area contributed by atoms with Crippen LogP contribution in [0.3, 0.4) is 0 Å². The number of para-hydroxylation sites is 2. The zero-order chi connectivity index (χ0) is 15.2. The van der Waals surface area contributed by atoms with Crippen LogP contribution in [-0.2, 0) is 14.3 Å². The lowest BCUT2D eigenvalue weighted by Gasteiger charge is -2.19. The first-order valence-corrected chi connectivity index (χ1v) is 6.06. The standard InChI is InChI=1S/C14H18O6/c1-14(2,3)20-13(17)9-19-11-7-5-4-6-10(11)18-8-12(15)16/h4-7H,8-9H2,1-3H3,(H,15,16). The van der Waals surface area contributed by atoms with Gasteiger partial charge < -0.3 is 19.3 Å². The molecule has 110 valence electrons. The first-order valence-electron chi connectivity index (χ1n) is 6.06. The Bertz CT molecular complexity index is 475. The average Bonchev–Trinajstić information content (AvgIpc) is 2.32. The second kappa shape index (κ2) is 6.79. The van der Waals surface area contributed by atoms with Crippen molar-refractivity contribution < 1.29 is 28.9 Å². The number of esters is 1. The summed E-state index contributed by atoms with van der Waals surface area (Å²) in [5.74, 6) is -1.05. The van der Waals surface area contributed by atoms with Crippen LogP contribution in [0.2, 0.25) is 0 Å². The van der Waals surface area contributed by atoms with Gasteiger partial charge in [0.15, 0.2) is 24.7 Å². The molecule has 6 nitrogen and oxygen atoms in total. The quantitative estimate of drug-likeness (QED) is 0.802. The molecule has 6 heteroatoms. The summed E-state index contributed by atoms with van der Waals surface area (Å²) in [4.78, 5) is 22.0. The van der Waals surface area contributed by atoms with Crippen LogP contribution in [0.15, 0.2) is 24.3 Å². The maximum absolute atomic E-state index is 11.5. The molecule has 1 rings (SSSR count). The van der Waals surface area contributed by atoms with Crippen molar-refractivity contribution in [2.45, 2.75) is 26.4 Å². The number of rotatable bonds is 6. The number of carbonyl (C=O) groups is 2. The van der Waals surface area contributed by atoms with Gasteiger partial charge in [-0.25, -0.2) is 9.59 Å². The Morgan fingerprint density at radius 2 is 1.55 bits per heavy atom. The third-order valence-electron chi connectivity index (χ3n) is 1.97. The van der Waals surface area contributed by atoms with Crippen molar-refractivity contribution in [3.8, 4) is 11.5 Å². The number of hydrogen-bond donors (Lipinski definition) is 1. The minimum atomic E-state index is -1.09. The number of benzene rings is 1. The summed E-state index contributed by atoms with van der Waals surface area (Å²) in [6, 6.07) is 6.52. The van der Waals surface area contributed by atoms with E-state index in [-0.39, 0.29) is 12.4 Å². The van der Waals surface area contributed by atoms with Crippen LogP contribution in [0.1, 0.15) is 20.8 Å². The van der Waals surface area contributed by atoms with Gasteiger partial charge in [0.05, 0.1) is 0 Å². The van der Waals surface area contributed by atoms with Crippen LogP contribution in [0, 0.1) is 0 Å². The summed E-state index contributed by atoms with van der Waals surface area (Å²) >= 11 is 0. The fourth-order valence-corrected chi connectivity index (χ4v) is 1.34. The van der Waals surface area contributed by atoms with Crippen molar-refractivity contribution in [2.75, 3.05) is 13.2 Å². The predicted molar refractivity (Wildman–Crippen MR) is 70.9 cm³/mol. The van der Waals surface area contributed by atoms with E-state index in [1.807, 2.05) is 0 Å². The zero-order valence-corrected chi connectivity index (χ0v) is 11.7. The molecule has 0 aliphatic carbocycles. The van der Waals surface area contributed by atoms with Crippen molar-refractivity contribution in [3.63, 3.8) is 0 Å². The van der Waals surface area contributed by atoms with E-state index in [1.54, 1.807) is 45.0 Å². The first-order chi connectivity index (χ1) is 9.28. The summed E-state index contributed by atoms with van der Waals surface area (Å²) in [7, 11) is 0. The van der Waals surface area contributed by atoms with Gasteiger partial charge in [0.25, 0.3) is 0 Å². The fraction of sp³-hybridized carbons (Fsp3) is 0.429. The molecule has 0 fully saturated rings. The van der Waals surface area contributed by atoms with E-state index >= 15 is 0 Å². The Kier molecular flexibility index (Phi) is 5.37. The highest BCUT2D eigenvalue weighted by atomic mass is 16.6. The molecule has 20 heavy (non-hydrogen) atoms. The highest BCUT2D eigenvalue weighted by Gasteiger charge is 2.17. The lowest BCUT2D eigenvalue weighted by atomic mass is 10.2. The molecule has 0 saturated heterocycles. The average molecular weight is 282 g/mol. The second-order valence-electron chi connectivity index (χ2n) is 5.00. The summed E-state index contributed by atoms with van der Waals surface area (Å²) in [5, 5.41) is 8.57. The molecule has 0 heterocycles. The largest absolute Gasteiger partial charge is 0.479 e. The van der Waals surface area contributed by atoms with Crippen LogP contribution in [0.4, 0.5) is 0 Å². The lowest BCUT2D eigenvalue weighted by Crippen LogP contribution is -2.27. The smallest absolute Gasteiger partial charge is 0.344 e. The Morgan fingerprint density at radius 3 is 2.00 bits per heavy atom. The Hall–Kier alpha value is -2.24. The van der Waals surface area contributed by atoms with Gasteiger partial charge in [-0.1, -0.05) is 12.1 Å².